The Morgan fingerprint density at radius 1 is 0.483 bits per heavy atom. The lowest BCUT2D eigenvalue weighted by atomic mass is 9.27. The smallest absolute Gasteiger partial charge is 0.0543 e. The number of rotatable bonds is 4. The van der Waals surface area contributed by atoms with Gasteiger partial charge in [0, 0.05) is 27.6 Å². The molecule has 0 radical (unpaired) electrons. The molecule has 4 fully saturated rings. The predicted octanol–water partition coefficient (Wildman–Crippen LogP) is 14.8. The van der Waals surface area contributed by atoms with E-state index in [9.17, 15) is 0 Å². The molecule has 13 rings (SSSR count). The molecule has 7 aliphatic carbocycles. The van der Waals surface area contributed by atoms with E-state index < -0.39 is 0 Å². The van der Waals surface area contributed by atoms with Crippen LogP contribution in [-0.4, -0.2) is 0 Å². The summed E-state index contributed by atoms with van der Waals surface area (Å²) >= 11 is 0. The largest absolute Gasteiger partial charge is 0.309 e. The number of hydrogen-bond donors (Lipinski definition) is 0. The van der Waals surface area contributed by atoms with Crippen LogP contribution < -0.4 is 4.90 Å². The number of anilines is 3. The Labute approximate surface area is 345 Å². The molecule has 2 bridgehead atoms. The van der Waals surface area contributed by atoms with Crippen LogP contribution in [0.15, 0.2) is 127 Å². The van der Waals surface area contributed by atoms with Gasteiger partial charge < -0.3 is 4.90 Å². The minimum atomic E-state index is -0.0979. The zero-order valence-corrected chi connectivity index (χ0v) is 35.1. The Balaban J connectivity index is 1.08. The van der Waals surface area contributed by atoms with Crippen LogP contribution in [0.25, 0.3) is 33.4 Å². The highest BCUT2D eigenvalue weighted by Gasteiger charge is 2.84. The highest BCUT2D eigenvalue weighted by molar-refractivity contribution is 5.99. The van der Waals surface area contributed by atoms with Gasteiger partial charge in [0.05, 0.1) is 11.4 Å². The first-order valence-electron chi connectivity index (χ1n) is 22.5. The first kappa shape index (κ1) is 34.0. The molecular weight excluding hydrogens is 699 g/mol. The van der Waals surface area contributed by atoms with E-state index in [4.69, 9.17) is 0 Å². The second kappa shape index (κ2) is 10.8. The Hall–Kier alpha value is -4.88. The van der Waals surface area contributed by atoms with Crippen molar-refractivity contribution < 1.29 is 0 Å². The lowest BCUT2D eigenvalue weighted by Gasteiger charge is -2.76. The summed E-state index contributed by atoms with van der Waals surface area (Å²) in [6.45, 7) is 14.7. The van der Waals surface area contributed by atoms with E-state index in [1.807, 2.05) is 0 Å². The van der Waals surface area contributed by atoms with Crippen molar-refractivity contribution in [1.82, 2.24) is 0 Å². The van der Waals surface area contributed by atoms with E-state index in [2.05, 4.69) is 174 Å². The van der Waals surface area contributed by atoms with E-state index in [-0.39, 0.29) is 21.7 Å². The van der Waals surface area contributed by atoms with Gasteiger partial charge in [-0.3, -0.25) is 0 Å². The van der Waals surface area contributed by atoms with Crippen LogP contribution >= 0.6 is 0 Å². The van der Waals surface area contributed by atoms with Gasteiger partial charge in [-0.2, -0.15) is 0 Å². The van der Waals surface area contributed by atoms with Crippen molar-refractivity contribution in [3.63, 3.8) is 0 Å². The molecule has 6 aromatic carbocycles. The van der Waals surface area contributed by atoms with E-state index in [1.165, 1.54) is 111 Å². The van der Waals surface area contributed by atoms with Crippen molar-refractivity contribution in [1.29, 1.82) is 0 Å². The predicted molar refractivity (Wildman–Crippen MR) is 240 cm³/mol. The summed E-state index contributed by atoms with van der Waals surface area (Å²) in [7, 11) is 0. The van der Waals surface area contributed by atoms with Gasteiger partial charge in [0.25, 0.3) is 0 Å². The van der Waals surface area contributed by atoms with Crippen LogP contribution in [0.2, 0.25) is 0 Å². The van der Waals surface area contributed by atoms with Gasteiger partial charge in [-0.1, -0.05) is 145 Å². The van der Waals surface area contributed by atoms with E-state index in [1.54, 1.807) is 11.1 Å². The van der Waals surface area contributed by atoms with Crippen molar-refractivity contribution in [2.24, 2.45) is 29.1 Å². The molecule has 2 spiro atoms. The average molecular weight is 754 g/mol. The molecular formula is C57H55N. The lowest BCUT2D eigenvalue weighted by molar-refractivity contribution is -0.231. The molecule has 0 aromatic heterocycles. The number of para-hydroxylation sites is 1. The molecule has 0 N–H and O–H groups in total. The van der Waals surface area contributed by atoms with Gasteiger partial charge in [-0.05, 0) is 158 Å². The summed E-state index contributed by atoms with van der Waals surface area (Å²) < 4.78 is 0. The fraction of sp³-hybridized carbons (Fsp3) is 0.368. The molecule has 58 heavy (non-hydrogen) atoms. The summed E-state index contributed by atoms with van der Waals surface area (Å²) in [6, 6.07) is 50.2. The SMILES string of the molecule is CC1(C)CCC(C)(C)c2c(-c3ccccc3N(c3ccc4c(c3)C(C)(C)c3ccccc3-4)c3cccc4c3-c3ccccc3C43C4CC5CC6CC3C64C5)cccc21. The molecule has 6 aromatic rings. The molecule has 0 saturated heterocycles. The molecule has 1 heteroatoms. The summed E-state index contributed by atoms with van der Waals surface area (Å²) in [4.78, 5) is 2.70. The molecule has 1 nitrogen and oxygen atoms in total. The second-order valence-corrected chi connectivity index (χ2v) is 21.6. The first-order chi connectivity index (χ1) is 28.0. The maximum atomic E-state index is 2.70. The Bertz CT molecular complexity index is 2780. The van der Waals surface area contributed by atoms with Crippen LogP contribution in [0.1, 0.15) is 113 Å². The normalized spacial score (nSPS) is 29.7. The summed E-state index contributed by atoms with van der Waals surface area (Å²) in [5.74, 6) is 3.47. The van der Waals surface area contributed by atoms with Gasteiger partial charge in [-0.15, -0.1) is 0 Å². The third-order valence-electron chi connectivity index (χ3n) is 18.0. The average Bonchev–Trinajstić information content (AvgIpc) is 3.92. The van der Waals surface area contributed by atoms with Gasteiger partial charge >= 0.3 is 0 Å². The summed E-state index contributed by atoms with van der Waals surface area (Å²) in [6.07, 6.45) is 8.23. The molecule has 0 heterocycles. The van der Waals surface area contributed by atoms with Gasteiger partial charge in [0.1, 0.15) is 0 Å². The van der Waals surface area contributed by atoms with Crippen LogP contribution in [0.3, 0.4) is 0 Å². The maximum absolute atomic E-state index is 2.70. The van der Waals surface area contributed by atoms with Gasteiger partial charge in [-0.25, -0.2) is 0 Å². The van der Waals surface area contributed by atoms with Crippen molar-refractivity contribution in [2.45, 2.75) is 102 Å². The lowest BCUT2D eigenvalue weighted by Crippen LogP contribution is -2.73. The Morgan fingerprint density at radius 3 is 1.93 bits per heavy atom. The first-order valence-corrected chi connectivity index (χ1v) is 22.5. The van der Waals surface area contributed by atoms with E-state index in [0.717, 1.165) is 23.7 Å². The fourth-order valence-electron chi connectivity index (χ4n) is 15.6. The molecule has 6 atom stereocenters. The minimum Gasteiger partial charge on any atom is -0.309 e. The third kappa shape index (κ3) is 3.83. The van der Waals surface area contributed by atoms with Gasteiger partial charge in [0.15, 0.2) is 0 Å². The minimum absolute atomic E-state index is 0.0730. The molecule has 7 aliphatic rings. The van der Waals surface area contributed by atoms with Crippen LogP contribution in [-0.2, 0) is 21.7 Å². The van der Waals surface area contributed by atoms with Crippen LogP contribution in [0.4, 0.5) is 17.1 Å². The molecule has 6 unspecified atom stereocenters. The topological polar surface area (TPSA) is 3.24 Å². The number of benzene rings is 6. The number of nitrogens with zero attached hydrogens (tertiary/aromatic N) is 1. The van der Waals surface area contributed by atoms with Crippen LogP contribution in [0.5, 0.6) is 0 Å². The zero-order chi connectivity index (χ0) is 39.1. The van der Waals surface area contributed by atoms with Crippen molar-refractivity contribution in [3.05, 3.63) is 161 Å². The summed E-state index contributed by atoms with van der Waals surface area (Å²) in [5.41, 5.74) is 22.3. The van der Waals surface area contributed by atoms with Crippen molar-refractivity contribution in [3.8, 4) is 33.4 Å². The highest BCUT2D eigenvalue weighted by Crippen LogP contribution is 2.90. The van der Waals surface area contributed by atoms with E-state index in [0.29, 0.717) is 5.41 Å². The quantitative estimate of drug-likeness (QED) is 0.173. The number of hydrogen-bond acceptors (Lipinski definition) is 1. The molecule has 288 valence electrons. The fourth-order valence-corrected chi connectivity index (χ4v) is 15.6. The van der Waals surface area contributed by atoms with E-state index >= 15 is 0 Å². The maximum Gasteiger partial charge on any atom is 0.0543 e. The third-order valence-corrected chi connectivity index (χ3v) is 18.0. The van der Waals surface area contributed by atoms with Crippen molar-refractivity contribution in [2.75, 3.05) is 4.90 Å². The second-order valence-electron chi connectivity index (χ2n) is 21.6. The Kier molecular flexibility index (Phi) is 6.36. The zero-order valence-electron chi connectivity index (χ0n) is 35.1. The monoisotopic (exact) mass is 753 g/mol. The van der Waals surface area contributed by atoms with Crippen molar-refractivity contribution >= 4 is 17.1 Å². The van der Waals surface area contributed by atoms with Crippen LogP contribution in [0, 0.1) is 29.1 Å². The highest BCUT2D eigenvalue weighted by atomic mass is 15.1. The molecule has 4 saturated carbocycles. The number of fused-ring (bicyclic) bond motifs is 12. The Morgan fingerprint density at radius 2 is 1.10 bits per heavy atom. The molecule has 0 amide bonds. The van der Waals surface area contributed by atoms with Gasteiger partial charge in [0.2, 0.25) is 0 Å². The standard InChI is InChI=1S/C57H55N/c1-53(2)27-28-54(3,4)52-40(18-13-22-45(52)53)39-16-9-12-23-47(39)58(36-25-26-38-37-15-7-10-19-42(37)55(5,6)46(38)32-36)48-24-14-21-44-51(48)41-17-8-11-20-43(41)57(44)49-30-34-29-35-31-50(57)56(35,49)33-34/h7-26,32,34-35,49-50H,27-31,33H2,1-6H3. The molecule has 0 aliphatic heterocycles. The summed E-state index contributed by atoms with van der Waals surface area (Å²) in [5, 5.41) is 0.